The third-order valence-electron chi connectivity index (χ3n) is 4.37. The highest BCUT2D eigenvalue weighted by Crippen LogP contribution is 2.27. The van der Waals surface area contributed by atoms with E-state index >= 15 is 0 Å². The van der Waals surface area contributed by atoms with E-state index < -0.39 is 22.9 Å². The monoisotopic (exact) mass is 545 g/mol. The Balaban J connectivity index is 1.67. The van der Waals surface area contributed by atoms with E-state index in [0.29, 0.717) is 20.6 Å². The normalized spacial score (nSPS) is 11.6. The van der Waals surface area contributed by atoms with Crippen LogP contribution in [0, 0.1) is 10.1 Å². The van der Waals surface area contributed by atoms with Crippen LogP contribution in [-0.4, -0.2) is 29.1 Å². The van der Waals surface area contributed by atoms with Crippen LogP contribution in [0.25, 0.3) is 0 Å². The number of hydrogen-bond acceptors (Lipinski definition) is 7. The molecule has 0 saturated carbocycles. The molecule has 0 aliphatic rings. The number of halogens is 2. The molecule has 0 heterocycles. The number of hydrazone groups is 1. The summed E-state index contributed by atoms with van der Waals surface area (Å²) in [7, 11) is 0. The number of nitro groups is 1. The Labute approximate surface area is 207 Å². The molecule has 0 saturated heterocycles. The summed E-state index contributed by atoms with van der Waals surface area (Å²) in [6.07, 6.45) is 0.230. The number of esters is 1. The minimum atomic E-state index is -1.07. The quantitative estimate of drug-likeness (QED) is 0.137. The first-order valence-corrected chi connectivity index (χ1v) is 10.9. The molecule has 11 heteroatoms. The van der Waals surface area contributed by atoms with Crippen molar-refractivity contribution < 1.29 is 24.0 Å². The SMILES string of the molecule is C[C@@H](Oc1ccccc1[N+](=O)[O-])C(=O)N/N=C\c1cc(Br)ccc1OC(=O)c1ccc(Cl)cc1. The Bertz CT molecular complexity index is 1250. The van der Waals surface area contributed by atoms with Gasteiger partial charge in [0.2, 0.25) is 0 Å². The highest BCUT2D eigenvalue weighted by molar-refractivity contribution is 9.10. The Morgan fingerprint density at radius 2 is 1.82 bits per heavy atom. The lowest BCUT2D eigenvalue weighted by molar-refractivity contribution is -0.386. The summed E-state index contributed by atoms with van der Waals surface area (Å²) in [6.45, 7) is 1.43. The predicted octanol–water partition coefficient (Wildman–Crippen LogP) is 5.15. The Kier molecular flexibility index (Phi) is 8.34. The van der Waals surface area contributed by atoms with Gasteiger partial charge in [0.25, 0.3) is 5.91 Å². The van der Waals surface area contributed by atoms with Gasteiger partial charge in [-0.15, -0.1) is 0 Å². The van der Waals surface area contributed by atoms with Crippen molar-refractivity contribution >= 4 is 51.3 Å². The van der Waals surface area contributed by atoms with E-state index in [0.717, 1.165) is 0 Å². The van der Waals surface area contributed by atoms with Gasteiger partial charge in [0.1, 0.15) is 5.75 Å². The van der Waals surface area contributed by atoms with Gasteiger partial charge >= 0.3 is 11.7 Å². The Morgan fingerprint density at radius 3 is 2.53 bits per heavy atom. The summed E-state index contributed by atoms with van der Waals surface area (Å²) < 4.78 is 11.6. The molecule has 0 aliphatic heterocycles. The Hall–Kier alpha value is -3.76. The molecule has 3 rings (SSSR count). The van der Waals surface area contributed by atoms with Gasteiger partial charge in [0, 0.05) is 21.1 Å². The zero-order valence-corrected chi connectivity index (χ0v) is 19.9. The van der Waals surface area contributed by atoms with Crippen molar-refractivity contribution in [1.82, 2.24) is 5.43 Å². The number of benzene rings is 3. The van der Waals surface area contributed by atoms with Gasteiger partial charge in [-0.2, -0.15) is 5.10 Å². The Morgan fingerprint density at radius 1 is 1.12 bits per heavy atom. The molecule has 34 heavy (non-hydrogen) atoms. The summed E-state index contributed by atoms with van der Waals surface area (Å²) >= 11 is 9.18. The smallest absolute Gasteiger partial charge is 0.343 e. The van der Waals surface area contributed by atoms with Crippen molar-refractivity contribution in [3.8, 4) is 11.5 Å². The lowest BCUT2D eigenvalue weighted by atomic mass is 10.2. The zero-order chi connectivity index (χ0) is 24.7. The third kappa shape index (κ3) is 6.63. The van der Waals surface area contributed by atoms with Crippen molar-refractivity contribution in [2.24, 2.45) is 5.10 Å². The van der Waals surface area contributed by atoms with E-state index in [4.69, 9.17) is 21.1 Å². The average Bonchev–Trinajstić information content (AvgIpc) is 2.81. The number of nitrogens with one attached hydrogen (secondary N) is 1. The van der Waals surface area contributed by atoms with Gasteiger partial charge in [-0.3, -0.25) is 14.9 Å². The summed E-state index contributed by atoms with van der Waals surface area (Å²) in [5, 5.41) is 15.5. The molecule has 0 aliphatic carbocycles. The number of hydrogen-bond donors (Lipinski definition) is 1. The van der Waals surface area contributed by atoms with Crippen LogP contribution in [0.15, 0.2) is 76.3 Å². The maximum absolute atomic E-state index is 12.4. The number of para-hydroxylation sites is 2. The van der Waals surface area contributed by atoms with Crippen LogP contribution in [0.5, 0.6) is 11.5 Å². The average molecular weight is 547 g/mol. The lowest BCUT2D eigenvalue weighted by Crippen LogP contribution is -2.33. The summed E-state index contributed by atoms with van der Waals surface area (Å²) in [4.78, 5) is 35.3. The summed E-state index contributed by atoms with van der Waals surface area (Å²) in [6, 6.07) is 16.9. The lowest BCUT2D eigenvalue weighted by Gasteiger charge is -2.13. The first kappa shape index (κ1) is 24.9. The molecule has 9 nitrogen and oxygen atoms in total. The van der Waals surface area contributed by atoms with Crippen molar-refractivity contribution in [3.63, 3.8) is 0 Å². The maximum Gasteiger partial charge on any atom is 0.343 e. The third-order valence-corrected chi connectivity index (χ3v) is 5.11. The molecule has 1 atom stereocenters. The van der Waals surface area contributed by atoms with Gasteiger partial charge in [-0.1, -0.05) is 39.7 Å². The molecule has 3 aromatic rings. The van der Waals surface area contributed by atoms with Crippen LogP contribution >= 0.6 is 27.5 Å². The minimum absolute atomic E-state index is 0.0393. The maximum atomic E-state index is 12.4. The fourth-order valence-electron chi connectivity index (χ4n) is 2.67. The first-order valence-electron chi connectivity index (χ1n) is 9.75. The van der Waals surface area contributed by atoms with Crippen molar-refractivity contribution in [3.05, 3.63) is 97.5 Å². The number of ether oxygens (including phenoxy) is 2. The van der Waals surface area contributed by atoms with E-state index in [2.05, 4.69) is 26.5 Å². The second kappa shape index (κ2) is 11.4. The molecular weight excluding hydrogens is 530 g/mol. The largest absolute Gasteiger partial charge is 0.474 e. The molecule has 0 spiro atoms. The number of amides is 1. The number of carbonyl (C=O) groups is 2. The van der Waals surface area contributed by atoms with Crippen molar-refractivity contribution in [2.45, 2.75) is 13.0 Å². The van der Waals surface area contributed by atoms with Gasteiger partial charge in [-0.25, -0.2) is 10.2 Å². The molecular formula is C23H17BrClN3O6. The van der Waals surface area contributed by atoms with Crippen molar-refractivity contribution in [2.75, 3.05) is 0 Å². The molecule has 0 radical (unpaired) electrons. The number of nitrogens with zero attached hydrogens (tertiary/aromatic N) is 2. The second-order valence-corrected chi connectivity index (χ2v) is 8.15. The van der Waals surface area contributed by atoms with Crippen LogP contribution in [-0.2, 0) is 4.79 Å². The highest BCUT2D eigenvalue weighted by atomic mass is 79.9. The van der Waals surface area contributed by atoms with Gasteiger partial charge < -0.3 is 9.47 Å². The van der Waals surface area contributed by atoms with E-state index in [1.54, 1.807) is 36.4 Å². The van der Waals surface area contributed by atoms with Gasteiger partial charge in [-0.05, 0) is 55.5 Å². The topological polar surface area (TPSA) is 120 Å². The fourth-order valence-corrected chi connectivity index (χ4v) is 3.17. The van der Waals surface area contributed by atoms with Crippen LogP contribution in [0.4, 0.5) is 5.69 Å². The molecule has 0 bridgehead atoms. The predicted molar refractivity (Wildman–Crippen MR) is 129 cm³/mol. The van der Waals surface area contributed by atoms with E-state index in [-0.39, 0.29) is 17.2 Å². The molecule has 3 aromatic carbocycles. The van der Waals surface area contributed by atoms with Crippen molar-refractivity contribution in [1.29, 1.82) is 0 Å². The van der Waals surface area contributed by atoms with E-state index in [1.165, 1.54) is 43.5 Å². The van der Waals surface area contributed by atoms with Crippen LogP contribution in [0.3, 0.4) is 0 Å². The number of nitro benzene ring substituents is 1. The van der Waals surface area contributed by atoms with Crippen LogP contribution < -0.4 is 14.9 Å². The fraction of sp³-hybridized carbons (Fsp3) is 0.0870. The molecule has 0 aromatic heterocycles. The van der Waals surface area contributed by atoms with E-state index in [9.17, 15) is 19.7 Å². The molecule has 0 fully saturated rings. The molecule has 174 valence electrons. The number of rotatable bonds is 8. The first-order chi connectivity index (χ1) is 16.2. The minimum Gasteiger partial charge on any atom is -0.474 e. The van der Waals surface area contributed by atoms with Gasteiger partial charge in [0.15, 0.2) is 11.9 Å². The molecule has 1 N–H and O–H groups in total. The summed E-state index contributed by atoms with van der Waals surface area (Å²) in [5.41, 5.74) is 2.76. The second-order valence-electron chi connectivity index (χ2n) is 6.80. The summed E-state index contributed by atoms with van der Waals surface area (Å²) in [5.74, 6) is -1.05. The zero-order valence-electron chi connectivity index (χ0n) is 17.6. The number of carbonyl (C=O) groups excluding carboxylic acids is 2. The molecule has 0 unspecified atom stereocenters. The van der Waals surface area contributed by atoms with Crippen LogP contribution in [0.1, 0.15) is 22.8 Å². The highest BCUT2D eigenvalue weighted by Gasteiger charge is 2.20. The van der Waals surface area contributed by atoms with Gasteiger partial charge in [0.05, 0.1) is 16.7 Å². The molecule has 1 amide bonds. The van der Waals surface area contributed by atoms with E-state index in [1.807, 2.05) is 0 Å². The van der Waals surface area contributed by atoms with Crippen LogP contribution in [0.2, 0.25) is 5.02 Å². The standard InChI is InChI=1S/C23H17BrClN3O6/c1-14(33-21-5-3-2-4-19(21)28(31)32)22(29)27-26-13-16-12-17(24)8-11-20(16)34-23(30)15-6-9-18(25)10-7-15/h2-14H,1H3,(H,27,29)/b26-13-/t14-/m1/s1.